The highest BCUT2D eigenvalue weighted by atomic mass is 127. The zero-order valence-corrected chi connectivity index (χ0v) is 23.1. The second kappa shape index (κ2) is 11.1. The fourth-order valence-corrected chi connectivity index (χ4v) is 5.30. The number of carboxylic acid groups (broad SMARTS) is 1. The van der Waals surface area contributed by atoms with Crippen molar-refractivity contribution in [2.45, 2.75) is 51.0 Å². The Bertz CT molecular complexity index is 1350. The van der Waals surface area contributed by atoms with E-state index in [1.165, 1.54) is 25.1 Å². The largest absolute Gasteiger partial charge is 0.493 e. The van der Waals surface area contributed by atoms with E-state index in [1.807, 2.05) is 12.1 Å². The van der Waals surface area contributed by atoms with Crippen LogP contribution < -0.4 is 15.0 Å². The van der Waals surface area contributed by atoms with Gasteiger partial charge in [0.15, 0.2) is 17.6 Å². The van der Waals surface area contributed by atoms with Crippen molar-refractivity contribution in [1.82, 2.24) is 9.66 Å². The minimum Gasteiger partial charge on any atom is -0.493 e. The standard InChI is InChI=1S/C25H25BrIN3O5/c1-14(25(32)33)35-22-19(27)10-15(11-21(22)34-2)13-28-30-23(16-6-4-3-5-7-16)29-20-9-8-17(26)12-18(20)24(30)31/h8-14,16H,3-7H2,1-2H3,(H,32,33)/t14-/m0/s1. The van der Waals surface area contributed by atoms with E-state index in [9.17, 15) is 14.7 Å². The van der Waals surface area contributed by atoms with Gasteiger partial charge in [-0.3, -0.25) is 4.79 Å². The van der Waals surface area contributed by atoms with E-state index in [4.69, 9.17) is 14.5 Å². The normalized spacial score (nSPS) is 15.4. The van der Waals surface area contributed by atoms with Crippen molar-refractivity contribution in [2.24, 2.45) is 5.10 Å². The van der Waals surface area contributed by atoms with E-state index in [1.54, 1.807) is 24.4 Å². The van der Waals surface area contributed by atoms with Gasteiger partial charge in [-0.05, 0) is 78.3 Å². The molecular formula is C25H25BrIN3O5. The number of fused-ring (bicyclic) bond motifs is 1. The predicted octanol–water partition coefficient (Wildman–Crippen LogP) is 5.55. The van der Waals surface area contributed by atoms with E-state index >= 15 is 0 Å². The summed E-state index contributed by atoms with van der Waals surface area (Å²) in [5, 5.41) is 14.3. The van der Waals surface area contributed by atoms with Gasteiger partial charge in [-0.25, -0.2) is 9.78 Å². The van der Waals surface area contributed by atoms with Crippen LogP contribution in [0.4, 0.5) is 0 Å². The molecule has 35 heavy (non-hydrogen) atoms. The molecule has 0 bridgehead atoms. The summed E-state index contributed by atoms with van der Waals surface area (Å²) in [4.78, 5) is 29.6. The molecule has 1 N–H and O–H groups in total. The molecule has 0 aliphatic heterocycles. The maximum atomic E-state index is 13.5. The van der Waals surface area contributed by atoms with Crippen LogP contribution >= 0.6 is 38.5 Å². The van der Waals surface area contributed by atoms with Crippen LogP contribution in [0.5, 0.6) is 11.5 Å². The number of rotatable bonds is 7. The number of aliphatic carboxylic acids is 1. The third-order valence-corrected chi connectivity index (χ3v) is 7.31. The van der Waals surface area contributed by atoms with Gasteiger partial charge in [-0.15, -0.1) is 0 Å². The summed E-state index contributed by atoms with van der Waals surface area (Å²) in [6.45, 7) is 1.46. The van der Waals surface area contributed by atoms with E-state index in [2.05, 4.69) is 43.6 Å². The lowest BCUT2D eigenvalue weighted by Crippen LogP contribution is -2.25. The summed E-state index contributed by atoms with van der Waals surface area (Å²) in [5.41, 5.74) is 1.12. The summed E-state index contributed by atoms with van der Waals surface area (Å²) < 4.78 is 13.9. The molecule has 1 atom stereocenters. The van der Waals surface area contributed by atoms with Crippen molar-refractivity contribution in [1.29, 1.82) is 0 Å². The highest BCUT2D eigenvalue weighted by Gasteiger charge is 2.23. The zero-order valence-electron chi connectivity index (χ0n) is 19.3. The topological polar surface area (TPSA) is 103 Å². The number of ether oxygens (including phenoxy) is 2. The number of hydrogen-bond donors (Lipinski definition) is 1. The molecule has 1 aliphatic carbocycles. The van der Waals surface area contributed by atoms with Gasteiger partial charge < -0.3 is 14.6 Å². The van der Waals surface area contributed by atoms with E-state index in [-0.39, 0.29) is 11.5 Å². The number of carboxylic acids is 1. The summed E-state index contributed by atoms with van der Waals surface area (Å²) in [6, 6.07) is 9.00. The quantitative estimate of drug-likeness (QED) is 0.265. The number of hydrogen-bond acceptors (Lipinski definition) is 6. The highest BCUT2D eigenvalue weighted by Crippen LogP contribution is 2.35. The van der Waals surface area contributed by atoms with Crippen LogP contribution in [0.2, 0.25) is 0 Å². The molecule has 0 spiro atoms. The number of aromatic nitrogens is 2. The fourth-order valence-electron chi connectivity index (χ4n) is 4.18. The maximum absolute atomic E-state index is 13.5. The SMILES string of the molecule is COc1cc(C=Nn2c(C3CCCCC3)nc3ccc(Br)cc3c2=O)cc(I)c1O[C@@H](C)C(=O)O. The number of nitrogens with zero attached hydrogens (tertiary/aromatic N) is 3. The summed E-state index contributed by atoms with van der Waals surface area (Å²) in [5.74, 6) is 0.505. The first-order valence-corrected chi connectivity index (χ1v) is 13.2. The molecule has 1 aliphatic rings. The first-order valence-electron chi connectivity index (χ1n) is 11.3. The van der Waals surface area contributed by atoms with Crippen molar-refractivity contribution in [3.63, 3.8) is 0 Å². The molecule has 0 unspecified atom stereocenters. The van der Waals surface area contributed by atoms with Crippen molar-refractivity contribution in [3.05, 3.63) is 60.1 Å². The molecule has 4 rings (SSSR count). The van der Waals surface area contributed by atoms with Gasteiger partial charge in [0.05, 0.1) is 27.8 Å². The maximum Gasteiger partial charge on any atom is 0.344 e. The van der Waals surface area contributed by atoms with Crippen LogP contribution in [-0.2, 0) is 4.79 Å². The lowest BCUT2D eigenvalue weighted by molar-refractivity contribution is -0.144. The Morgan fingerprint density at radius 3 is 2.71 bits per heavy atom. The van der Waals surface area contributed by atoms with E-state index < -0.39 is 12.1 Å². The van der Waals surface area contributed by atoms with Gasteiger partial charge >= 0.3 is 5.97 Å². The minimum absolute atomic E-state index is 0.171. The third kappa shape index (κ3) is 5.69. The van der Waals surface area contributed by atoms with Crippen LogP contribution in [0.1, 0.15) is 56.3 Å². The molecule has 8 nitrogen and oxygen atoms in total. The van der Waals surface area contributed by atoms with Crippen LogP contribution in [-0.4, -0.2) is 40.2 Å². The Labute approximate surface area is 224 Å². The Balaban J connectivity index is 1.78. The molecule has 0 radical (unpaired) electrons. The average molecular weight is 654 g/mol. The van der Waals surface area contributed by atoms with Gasteiger partial charge in [0, 0.05) is 10.4 Å². The molecule has 10 heteroatoms. The summed E-state index contributed by atoms with van der Waals surface area (Å²) in [6.07, 6.45) is 5.91. The molecule has 1 fully saturated rings. The number of carbonyl (C=O) groups is 1. The Morgan fingerprint density at radius 1 is 1.29 bits per heavy atom. The Hall–Kier alpha value is -2.47. The van der Waals surface area contributed by atoms with E-state index in [0.29, 0.717) is 37.4 Å². The average Bonchev–Trinajstić information content (AvgIpc) is 2.85. The lowest BCUT2D eigenvalue weighted by atomic mass is 9.88. The molecule has 3 aromatic rings. The van der Waals surface area contributed by atoms with Crippen LogP contribution in [0, 0.1) is 3.57 Å². The minimum atomic E-state index is -1.07. The highest BCUT2D eigenvalue weighted by molar-refractivity contribution is 14.1. The second-order valence-electron chi connectivity index (χ2n) is 8.46. The lowest BCUT2D eigenvalue weighted by Gasteiger charge is -2.22. The first kappa shape index (κ1) is 25.6. The third-order valence-electron chi connectivity index (χ3n) is 6.02. The Morgan fingerprint density at radius 2 is 2.03 bits per heavy atom. The predicted molar refractivity (Wildman–Crippen MR) is 146 cm³/mol. The molecule has 1 heterocycles. The molecule has 0 saturated heterocycles. The van der Waals surface area contributed by atoms with E-state index in [0.717, 1.165) is 30.2 Å². The van der Waals surface area contributed by atoms with Crippen LogP contribution in [0.15, 0.2) is 44.7 Å². The van der Waals surface area contributed by atoms with Gasteiger partial charge in [-0.1, -0.05) is 35.2 Å². The smallest absolute Gasteiger partial charge is 0.344 e. The molecule has 1 aromatic heterocycles. The molecular weight excluding hydrogens is 629 g/mol. The summed E-state index contributed by atoms with van der Waals surface area (Å²) in [7, 11) is 1.49. The molecule has 1 saturated carbocycles. The monoisotopic (exact) mass is 653 g/mol. The first-order chi connectivity index (χ1) is 16.8. The van der Waals surface area contributed by atoms with Crippen molar-refractivity contribution in [2.75, 3.05) is 7.11 Å². The molecule has 0 amide bonds. The Kier molecular flexibility index (Phi) is 8.10. The zero-order chi connectivity index (χ0) is 25.1. The van der Waals surface area contributed by atoms with Crippen LogP contribution in [0.25, 0.3) is 10.9 Å². The van der Waals surface area contributed by atoms with Gasteiger partial charge in [-0.2, -0.15) is 9.78 Å². The van der Waals surface area contributed by atoms with Crippen molar-refractivity contribution < 1.29 is 19.4 Å². The van der Waals surface area contributed by atoms with Crippen molar-refractivity contribution in [3.8, 4) is 11.5 Å². The number of halogens is 2. The van der Waals surface area contributed by atoms with Gasteiger partial charge in [0.2, 0.25) is 0 Å². The second-order valence-corrected chi connectivity index (χ2v) is 10.5. The molecule has 2 aromatic carbocycles. The molecule has 184 valence electrons. The van der Waals surface area contributed by atoms with Crippen molar-refractivity contribution >= 4 is 61.6 Å². The van der Waals surface area contributed by atoms with Gasteiger partial charge in [0.1, 0.15) is 5.82 Å². The number of benzene rings is 2. The summed E-state index contributed by atoms with van der Waals surface area (Å²) >= 11 is 5.50. The number of methoxy groups -OCH3 is 1. The van der Waals surface area contributed by atoms with Gasteiger partial charge in [0.25, 0.3) is 5.56 Å². The fraction of sp³-hybridized carbons (Fsp3) is 0.360. The van der Waals surface area contributed by atoms with Crippen LogP contribution in [0.3, 0.4) is 0 Å².